The number of nitrogens with one attached hydrogen (secondary N) is 1. The molecule has 8 heteroatoms. The van der Waals surface area contributed by atoms with E-state index in [9.17, 15) is 4.79 Å². The SMILES string of the molecule is Cc1ccc(C=NNC(=O)c2csc(N3N=C(c4ccccc4)CC3c3ccc(Cl)cc3)n2)cc1. The van der Waals surface area contributed by atoms with Gasteiger partial charge in [-0.3, -0.25) is 4.79 Å². The topological polar surface area (TPSA) is 70.0 Å². The normalized spacial score (nSPS) is 15.4. The zero-order chi connectivity index (χ0) is 24.2. The Bertz CT molecular complexity index is 1380. The summed E-state index contributed by atoms with van der Waals surface area (Å²) in [4.78, 5) is 17.2. The van der Waals surface area contributed by atoms with Crippen molar-refractivity contribution in [3.8, 4) is 0 Å². The maximum Gasteiger partial charge on any atom is 0.290 e. The summed E-state index contributed by atoms with van der Waals surface area (Å²) in [7, 11) is 0. The van der Waals surface area contributed by atoms with Crippen LogP contribution in [0.25, 0.3) is 0 Å². The van der Waals surface area contributed by atoms with Crippen LogP contribution in [0.4, 0.5) is 5.13 Å². The van der Waals surface area contributed by atoms with Gasteiger partial charge < -0.3 is 0 Å². The highest BCUT2D eigenvalue weighted by Crippen LogP contribution is 2.38. The lowest BCUT2D eigenvalue weighted by atomic mass is 9.99. The standard InChI is InChI=1S/C27H22ClN5OS/c1-18-7-9-19(10-8-18)16-29-31-26(34)24-17-35-27(30-24)33-25(21-11-13-22(28)14-12-21)15-23(32-33)20-5-3-2-4-6-20/h2-14,16-17,25H,15H2,1H3,(H,31,34). The van der Waals surface area contributed by atoms with Gasteiger partial charge in [0.25, 0.3) is 5.91 Å². The summed E-state index contributed by atoms with van der Waals surface area (Å²) >= 11 is 7.49. The van der Waals surface area contributed by atoms with Crippen molar-refractivity contribution in [2.75, 3.05) is 5.01 Å². The number of aromatic nitrogens is 1. The molecular formula is C27H22ClN5OS. The van der Waals surface area contributed by atoms with Gasteiger partial charge in [-0.1, -0.05) is 83.9 Å². The van der Waals surface area contributed by atoms with Crippen molar-refractivity contribution >= 4 is 45.9 Å². The van der Waals surface area contributed by atoms with E-state index in [1.807, 2.05) is 90.8 Å². The predicted octanol–water partition coefficient (Wildman–Crippen LogP) is 6.22. The third kappa shape index (κ3) is 5.31. The Kier molecular flexibility index (Phi) is 6.70. The molecule has 1 N–H and O–H groups in total. The fourth-order valence-electron chi connectivity index (χ4n) is 3.79. The lowest BCUT2D eigenvalue weighted by Gasteiger charge is -2.21. The van der Waals surface area contributed by atoms with Crippen molar-refractivity contribution in [1.82, 2.24) is 10.4 Å². The van der Waals surface area contributed by atoms with Gasteiger partial charge in [-0.05, 0) is 35.7 Å². The number of hydrogen-bond acceptors (Lipinski definition) is 6. The van der Waals surface area contributed by atoms with Crippen LogP contribution in [0.5, 0.6) is 0 Å². The molecule has 1 atom stereocenters. The van der Waals surface area contributed by atoms with E-state index in [2.05, 4.69) is 15.5 Å². The molecule has 35 heavy (non-hydrogen) atoms. The highest BCUT2D eigenvalue weighted by molar-refractivity contribution is 7.14. The van der Waals surface area contributed by atoms with E-state index in [0.29, 0.717) is 22.3 Å². The molecule has 6 nitrogen and oxygen atoms in total. The predicted molar refractivity (Wildman–Crippen MR) is 143 cm³/mol. The number of hydrazone groups is 2. The lowest BCUT2D eigenvalue weighted by Crippen LogP contribution is -2.20. The van der Waals surface area contributed by atoms with Gasteiger partial charge in [-0.2, -0.15) is 10.2 Å². The molecule has 2 heterocycles. The zero-order valence-electron chi connectivity index (χ0n) is 18.9. The molecule has 5 rings (SSSR count). The molecule has 0 aliphatic carbocycles. The van der Waals surface area contributed by atoms with Crippen LogP contribution >= 0.6 is 22.9 Å². The Labute approximate surface area is 212 Å². The molecule has 1 aliphatic heterocycles. The van der Waals surface area contributed by atoms with Crippen LogP contribution in [-0.4, -0.2) is 22.8 Å². The number of carbonyl (C=O) groups excluding carboxylic acids is 1. The van der Waals surface area contributed by atoms with Gasteiger partial charge >= 0.3 is 0 Å². The average molecular weight is 500 g/mol. The second-order valence-electron chi connectivity index (χ2n) is 8.15. The number of aryl methyl sites for hydroxylation is 1. The number of hydrogen-bond donors (Lipinski definition) is 1. The van der Waals surface area contributed by atoms with Crippen molar-refractivity contribution in [2.45, 2.75) is 19.4 Å². The van der Waals surface area contributed by atoms with Crippen molar-refractivity contribution in [2.24, 2.45) is 10.2 Å². The molecule has 0 spiro atoms. The summed E-state index contributed by atoms with van der Waals surface area (Å²) in [6.45, 7) is 2.02. The Balaban J connectivity index is 1.37. The lowest BCUT2D eigenvalue weighted by molar-refractivity contribution is 0.0951. The third-order valence-electron chi connectivity index (χ3n) is 5.65. The van der Waals surface area contributed by atoms with Gasteiger partial charge in [-0.15, -0.1) is 11.3 Å². The number of anilines is 1. The monoisotopic (exact) mass is 499 g/mol. The minimum Gasteiger partial charge on any atom is -0.266 e. The molecule has 4 aromatic rings. The first-order valence-corrected chi connectivity index (χ1v) is 12.4. The van der Waals surface area contributed by atoms with Crippen LogP contribution in [0.2, 0.25) is 5.02 Å². The van der Waals surface area contributed by atoms with Crippen LogP contribution in [0, 0.1) is 6.92 Å². The number of benzene rings is 3. The minimum absolute atomic E-state index is 0.0518. The average Bonchev–Trinajstić information content (AvgIpc) is 3.54. The Morgan fingerprint density at radius 2 is 1.83 bits per heavy atom. The quantitative estimate of drug-likeness (QED) is 0.253. The molecular weight excluding hydrogens is 478 g/mol. The van der Waals surface area contributed by atoms with Gasteiger partial charge in [0.1, 0.15) is 5.69 Å². The first-order chi connectivity index (χ1) is 17.1. The van der Waals surface area contributed by atoms with E-state index in [1.54, 1.807) is 11.6 Å². The summed E-state index contributed by atoms with van der Waals surface area (Å²) in [6, 6.07) is 25.7. The molecule has 0 radical (unpaired) electrons. The summed E-state index contributed by atoms with van der Waals surface area (Å²) in [5.74, 6) is -0.370. The fraction of sp³-hybridized carbons (Fsp3) is 0.111. The summed E-state index contributed by atoms with van der Waals surface area (Å²) < 4.78 is 0. The maximum absolute atomic E-state index is 12.6. The second-order valence-corrected chi connectivity index (χ2v) is 9.43. The Morgan fingerprint density at radius 1 is 1.09 bits per heavy atom. The van der Waals surface area contributed by atoms with Crippen LogP contribution in [-0.2, 0) is 0 Å². The molecule has 1 amide bonds. The van der Waals surface area contributed by atoms with Crippen molar-refractivity contribution in [3.63, 3.8) is 0 Å². The van der Waals surface area contributed by atoms with Crippen LogP contribution in [0.1, 0.15) is 45.2 Å². The van der Waals surface area contributed by atoms with Gasteiger partial charge in [0.05, 0.1) is 18.0 Å². The van der Waals surface area contributed by atoms with Gasteiger partial charge in [0, 0.05) is 16.8 Å². The van der Waals surface area contributed by atoms with E-state index in [0.717, 1.165) is 28.0 Å². The van der Waals surface area contributed by atoms with Crippen molar-refractivity contribution in [3.05, 3.63) is 117 Å². The number of nitrogens with zero attached hydrogens (tertiary/aromatic N) is 4. The van der Waals surface area contributed by atoms with Gasteiger partial charge in [0.2, 0.25) is 5.13 Å². The van der Waals surface area contributed by atoms with Gasteiger partial charge in [-0.25, -0.2) is 15.4 Å². The molecule has 0 saturated carbocycles. The van der Waals surface area contributed by atoms with Crippen LogP contribution in [0.15, 0.2) is 94.4 Å². The number of rotatable bonds is 6. The van der Waals surface area contributed by atoms with Crippen molar-refractivity contribution in [1.29, 1.82) is 0 Å². The second kappa shape index (κ2) is 10.2. The molecule has 1 aliphatic rings. The van der Waals surface area contributed by atoms with E-state index < -0.39 is 0 Å². The molecule has 0 bridgehead atoms. The van der Waals surface area contributed by atoms with Crippen molar-refractivity contribution < 1.29 is 4.79 Å². The summed E-state index contributed by atoms with van der Waals surface area (Å²) in [6.07, 6.45) is 2.33. The first kappa shape index (κ1) is 23.0. The summed E-state index contributed by atoms with van der Waals surface area (Å²) in [5, 5.41) is 13.9. The molecule has 0 saturated heterocycles. The fourth-order valence-corrected chi connectivity index (χ4v) is 4.72. The highest BCUT2D eigenvalue weighted by Gasteiger charge is 2.32. The molecule has 3 aromatic carbocycles. The summed E-state index contributed by atoms with van der Waals surface area (Å²) in [5.41, 5.74) is 8.03. The van der Waals surface area contributed by atoms with E-state index >= 15 is 0 Å². The number of amides is 1. The molecule has 1 aromatic heterocycles. The van der Waals surface area contributed by atoms with Crippen LogP contribution < -0.4 is 10.4 Å². The third-order valence-corrected chi connectivity index (χ3v) is 6.73. The van der Waals surface area contributed by atoms with E-state index in [-0.39, 0.29) is 11.9 Å². The van der Waals surface area contributed by atoms with Crippen LogP contribution in [0.3, 0.4) is 0 Å². The number of halogens is 1. The zero-order valence-corrected chi connectivity index (χ0v) is 20.5. The minimum atomic E-state index is -0.370. The highest BCUT2D eigenvalue weighted by atomic mass is 35.5. The maximum atomic E-state index is 12.6. The Hall–Kier alpha value is -3.81. The van der Waals surface area contributed by atoms with Gasteiger partial charge in [0.15, 0.2) is 0 Å². The first-order valence-electron chi connectivity index (χ1n) is 11.1. The van der Waals surface area contributed by atoms with E-state index in [4.69, 9.17) is 16.7 Å². The van der Waals surface area contributed by atoms with E-state index in [1.165, 1.54) is 11.3 Å². The Morgan fingerprint density at radius 3 is 2.57 bits per heavy atom. The number of thiazole rings is 1. The largest absolute Gasteiger partial charge is 0.290 e. The smallest absolute Gasteiger partial charge is 0.266 e. The molecule has 1 unspecified atom stereocenters. The number of carbonyl (C=O) groups is 1. The molecule has 0 fully saturated rings. The molecule has 174 valence electrons.